The van der Waals surface area contributed by atoms with Crippen LogP contribution in [0.4, 0.5) is 0 Å². The van der Waals surface area contributed by atoms with E-state index in [2.05, 4.69) is 0 Å². The first kappa shape index (κ1) is 13.3. The van der Waals surface area contributed by atoms with Crippen LogP contribution in [0.1, 0.15) is 44.9 Å². The van der Waals surface area contributed by atoms with Crippen molar-refractivity contribution in [1.82, 2.24) is 4.31 Å². The van der Waals surface area contributed by atoms with E-state index in [0.29, 0.717) is 24.8 Å². The second-order valence-electron chi connectivity index (χ2n) is 5.43. The summed E-state index contributed by atoms with van der Waals surface area (Å²) in [7, 11) is -3.07. The Hall–Kier alpha value is -0.130. The van der Waals surface area contributed by atoms with Crippen LogP contribution in [0.25, 0.3) is 0 Å². The molecular weight excluding hydrogens is 236 g/mol. The van der Waals surface area contributed by atoms with Crippen molar-refractivity contribution in [2.45, 2.75) is 51.0 Å². The van der Waals surface area contributed by atoms with Crippen LogP contribution >= 0.6 is 0 Å². The molecule has 1 saturated heterocycles. The second kappa shape index (κ2) is 5.67. The molecular formula is C12H24N2O2S. The van der Waals surface area contributed by atoms with Crippen molar-refractivity contribution in [3.8, 4) is 0 Å². The molecule has 0 bridgehead atoms. The summed E-state index contributed by atoms with van der Waals surface area (Å²) in [6.45, 7) is 1.14. The number of hydrogen-bond donors (Lipinski definition) is 1. The Morgan fingerprint density at radius 2 is 1.71 bits per heavy atom. The number of piperidine rings is 1. The Morgan fingerprint density at radius 1 is 1.06 bits per heavy atom. The lowest BCUT2D eigenvalue weighted by atomic mass is 10.1. The molecule has 0 spiro atoms. The van der Waals surface area contributed by atoms with Gasteiger partial charge in [-0.05, 0) is 31.6 Å². The van der Waals surface area contributed by atoms with Crippen molar-refractivity contribution < 1.29 is 8.42 Å². The predicted molar refractivity (Wildman–Crippen MR) is 69.1 cm³/mol. The van der Waals surface area contributed by atoms with Crippen molar-refractivity contribution in [2.75, 3.05) is 18.8 Å². The van der Waals surface area contributed by atoms with Gasteiger partial charge in [-0.2, -0.15) is 4.31 Å². The van der Waals surface area contributed by atoms with Gasteiger partial charge >= 0.3 is 0 Å². The van der Waals surface area contributed by atoms with Gasteiger partial charge in [-0.25, -0.2) is 8.42 Å². The summed E-state index contributed by atoms with van der Waals surface area (Å²) in [4.78, 5) is 0. The SMILES string of the molecule is NCC1CCCCN1S(=O)(=O)CC1CCCC1. The molecule has 1 unspecified atom stereocenters. The topological polar surface area (TPSA) is 63.4 Å². The van der Waals surface area contributed by atoms with Crippen LogP contribution in [0.2, 0.25) is 0 Å². The van der Waals surface area contributed by atoms with Gasteiger partial charge < -0.3 is 5.73 Å². The molecule has 100 valence electrons. The number of rotatable bonds is 4. The molecule has 4 nitrogen and oxygen atoms in total. The molecule has 2 N–H and O–H groups in total. The first-order valence-electron chi connectivity index (χ1n) is 6.83. The van der Waals surface area contributed by atoms with Crippen LogP contribution in [-0.4, -0.2) is 37.6 Å². The smallest absolute Gasteiger partial charge is 0.214 e. The van der Waals surface area contributed by atoms with E-state index in [0.717, 1.165) is 32.1 Å². The number of hydrogen-bond acceptors (Lipinski definition) is 3. The van der Waals surface area contributed by atoms with Gasteiger partial charge in [-0.3, -0.25) is 0 Å². The molecule has 1 atom stereocenters. The van der Waals surface area contributed by atoms with E-state index in [1.807, 2.05) is 0 Å². The zero-order chi connectivity index (χ0) is 12.3. The Bertz CT molecular complexity index is 336. The van der Waals surface area contributed by atoms with Crippen molar-refractivity contribution in [3.63, 3.8) is 0 Å². The van der Waals surface area contributed by atoms with E-state index in [4.69, 9.17) is 5.73 Å². The van der Waals surface area contributed by atoms with Crippen molar-refractivity contribution >= 4 is 10.0 Å². The number of sulfonamides is 1. The molecule has 1 aliphatic heterocycles. The third-order valence-electron chi connectivity index (χ3n) is 4.12. The minimum absolute atomic E-state index is 0.0511. The van der Waals surface area contributed by atoms with Gasteiger partial charge in [0.2, 0.25) is 10.0 Å². The molecule has 1 saturated carbocycles. The number of nitrogens with zero attached hydrogens (tertiary/aromatic N) is 1. The minimum Gasteiger partial charge on any atom is -0.329 e. The molecule has 1 aliphatic carbocycles. The molecule has 2 fully saturated rings. The summed E-state index contributed by atoms with van der Waals surface area (Å²) < 4.78 is 26.5. The lowest BCUT2D eigenvalue weighted by molar-refractivity contribution is 0.256. The summed E-state index contributed by atoms with van der Waals surface area (Å²) in [5.41, 5.74) is 5.69. The fourth-order valence-electron chi connectivity index (χ4n) is 3.15. The van der Waals surface area contributed by atoms with Gasteiger partial charge in [-0.15, -0.1) is 0 Å². The third kappa shape index (κ3) is 3.20. The Balaban J connectivity index is 2.01. The molecule has 1 heterocycles. The van der Waals surface area contributed by atoms with Crippen molar-refractivity contribution in [2.24, 2.45) is 11.7 Å². The Morgan fingerprint density at radius 3 is 2.35 bits per heavy atom. The van der Waals surface area contributed by atoms with Crippen LogP contribution in [0, 0.1) is 5.92 Å². The summed E-state index contributed by atoms with van der Waals surface area (Å²) in [6, 6.07) is 0.0511. The number of nitrogens with two attached hydrogens (primary N) is 1. The highest BCUT2D eigenvalue weighted by atomic mass is 32.2. The average molecular weight is 260 g/mol. The van der Waals surface area contributed by atoms with Crippen LogP contribution in [-0.2, 0) is 10.0 Å². The average Bonchev–Trinajstić information content (AvgIpc) is 2.81. The molecule has 5 heteroatoms. The van der Waals surface area contributed by atoms with E-state index in [9.17, 15) is 8.42 Å². The highest BCUT2D eigenvalue weighted by Gasteiger charge is 2.33. The second-order valence-corrected chi connectivity index (χ2v) is 7.39. The van der Waals surface area contributed by atoms with Gasteiger partial charge in [0.15, 0.2) is 0 Å². The highest BCUT2D eigenvalue weighted by molar-refractivity contribution is 7.89. The molecule has 0 aromatic rings. The van der Waals surface area contributed by atoms with E-state index in [1.165, 1.54) is 12.8 Å². The van der Waals surface area contributed by atoms with Gasteiger partial charge in [0, 0.05) is 19.1 Å². The van der Waals surface area contributed by atoms with Crippen molar-refractivity contribution in [1.29, 1.82) is 0 Å². The monoisotopic (exact) mass is 260 g/mol. The van der Waals surface area contributed by atoms with Crippen LogP contribution in [0.15, 0.2) is 0 Å². The fourth-order valence-corrected chi connectivity index (χ4v) is 5.32. The maximum atomic E-state index is 12.4. The summed E-state index contributed by atoms with van der Waals surface area (Å²) in [6.07, 6.45) is 7.58. The summed E-state index contributed by atoms with van der Waals surface area (Å²) in [5, 5.41) is 0. The zero-order valence-electron chi connectivity index (χ0n) is 10.5. The predicted octanol–water partition coefficient (Wildman–Crippen LogP) is 1.32. The molecule has 17 heavy (non-hydrogen) atoms. The molecule has 2 rings (SSSR count). The summed E-state index contributed by atoms with van der Waals surface area (Å²) >= 11 is 0. The van der Waals surface area contributed by atoms with Crippen LogP contribution < -0.4 is 5.73 Å². The molecule has 2 aliphatic rings. The summed E-state index contributed by atoms with van der Waals surface area (Å²) in [5.74, 6) is 0.740. The quantitative estimate of drug-likeness (QED) is 0.829. The zero-order valence-corrected chi connectivity index (χ0v) is 11.3. The maximum Gasteiger partial charge on any atom is 0.214 e. The molecule has 0 aromatic carbocycles. The highest BCUT2D eigenvalue weighted by Crippen LogP contribution is 2.28. The lowest BCUT2D eigenvalue weighted by Crippen LogP contribution is -2.48. The Kier molecular flexibility index (Phi) is 4.44. The van der Waals surface area contributed by atoms with E-state index in [1.54, 1.807) is 4.31 Å². The van der Waals surface area contributed by atoms with E-state index < -0.39 is 10.0 Å². The van der Waals surface area contributed by atoms with Gasteiger partial charge in [0.1, 0.15) is 0 Å². The Labute approximate surface area is 105 Å². The van der Waals surface area contributed by atoms with Gasteiger partial charge in [-0.1, -0.05) is 19.3 Å². The first-order valence-corrected chi connectivity index (χ1v) is 8.44. The fraction of sp³-hybridized carbons (Fsp3) is 1.00. The normalized spacial score (nSPS) is 28.6. The molecule has 0 amide bonds. The standard InChI is InChI=1S/C12H24N2O2S/c13-9-12-7-3-4-8-14(12)17(15,16)10-11-5-1-2-6-11/h11-12H,1-10,13H2. The first-order chi connectivity index (χ1) is 8.13. The van der Waals surface area contributed by atoms with Crippen molar-refractivity contribution in [3.05, 3.63) is 0 Å². The lowest BCUT2D eigenvalue weighted by Gasteiger charge is -2.34. The van der Waals surface area contributed by atoms with Gasteiger partial charge in [0.05, 0.1) is 5.75 Å². The minimum atomic E-state index is -3.07. The van der Waals surface area contributed by atoms with Crippen LogP contribution in [0.5, 0.6) is 0 Å². The van der Waals surface area contributed by atoms with Gasteiger partial charge in [0.25, 0.3) is 0 Å². The van der Waals surface area contributed by atoms with E-state index >= 15 is 0 Å². The maximum absolute atomic E-state index is 12.4. The largest absolute Gasteiger partial charge is 0.329 e. The van der Waals surface area contributed by atoms with Crippen LogP contribution in [0.3, 0.4) is 0 Å². The molecule has 0 radical (unpaired) electrons. The third-order valence-corrected chi connectivity index (χ3v) is 6.21. The molecule has 0 aromatic heterocycles. The van der Waals surface area contributed by atoms with E-state index in [-0.39, 0.29) is 6.04 Å².